The van der Waals surface area contributed by atoms with Crippen LogP contribution in [0.2, 0.25) is 0 Å². The second-order valence-electron chi connectivity index (χ2n) is 19.6. The van der Waals surface area contributed by atoms with Crippen LogP contribution in [0.5, 0.6) is 0 Å². The summed E-state index contributed by atoms with van der Waals surface area (Å²) in [6.07, 6.45) is 69.7. The minimum atomic E-state index is -1.43. The Hall–Kier alpha value is 0.910. The van der Waals surface area contributed by atoms with Crippen LogP contribution in [-0.4, -0.2) is 26.2 Å². The van der Waals surface area contributed by atoms with Crippen LogP contribution in [0.25, 0.3) is 0 Å². The number of halogens is 1. The van der Waals surface area contributed by atoms with Crippen molar-refractivity contribution in [3.8, 4) is 0 Å². The second kappa shape index (κ2) is 42.5. The molecule has 0 amide bonds. The van der Waals surface area contributed by atoms with Gasteiger partial charge < -0.3 is 0 Å². The fourth-order valence-corrected chi connectivity index (χ4v) is 10.5. The molecule has 0 unspecified atom stereocenters. The Morgan fingerprint density at radius 2 is 0.321 bits per heavy atom. The monoisotopic (exact) mass is 829 g/mol. The normalized spacial score (nSPS) is 12.8. The number of unbranched alkanes of at least 4 members (excludes halogenated alkanes) is 45. The summed E-state index contributed by atoms with van der Waals surface area (Å²) >= 11 is 4.00. The molecule has 0 radical (unpaired) electrons. The van der Waals surface area contributed by atoms with Gasteiger partial charge in [-0.2, -0.15) is 0 Å². The van der Waals surface area contributed by atoms with Crippen molar-refractivity contribution in [3.63, 3.8) is 0 Å². The first-order valence-corrected chi connectivity index (χ1v) is 31.3. The molecule has 322 valence electrons. The summed E-state index contributed by atoms with van der Waals surface area (Å²) in [4.78, 5) is 0. The Morgan fingerprint density at radius 3 is 0.434 bits per heavy atom. The van der Waals surface area contributed by atoms with Gasteiger partial charge in [0.15, 0.2) is 0 Å². The summed E-state index contributed by atoms with van der Waals surface area (Å²) in [5.74, 6) is 0. The summed E-state index contributed by atoms with van der Waals surface area (Å²) in [5, 5.41) is -1.43. The zero-order valence-corrected chi connectivity index (χ0v) is 40.5. The Morgan fingerprint density at radius 1 is 0.208 bits per heavy atom. The second-order valence-corrected chi connectivity index (χ2v) is 33.7. The number of rotatable bonds is 47. The molecular weight excluding hydrogens is 723 g/mol. The fourth-order valence-electron chi connectivity index (χ4n) is 8.50. The first-order chi connectivity index (χ1) is 25.8. The van der Waals surface area contributed by atoms with E-state index in [1.54, 1.807) is 0 Å². The molecule has 0 nitrogen and oxygen atoms in total. The van der Waals surface area contributed by atoms with E-state index in [9.17, 15) is 0 Å². The number of hydrogen-bond acceptors (Lipinski definition) is 0. The van der Waals surface area contributed by atoms with Crippen molar-refractivity contribution < 1.29 is 0 Å². The van der Waals surface area contributed by atoms with Gasteiger partial charge in [0.05, 0.1) is 0 Å². The average molecular weight is 830 g/mol. The van der Waals surface area contributed by atoms with E-state index in [4.69, 9.17) is 0 Å². The van der Waals surface area contributed by atoms with E-state index in [2.05, 4.69) is 42.4 Å². The molecule has 0 aliphatic carbocycles. The predicted octanol–water partition coefficient (Wildman–Crippen LogP) is 20.7. The van der Waals surface area contributed by atoms with Crippen molar-refractivity contribution in [3.05, 3.63) is 0 Å². The third kappa shape index (κ3) is 52.9. The summed E-state index contributed by atoms with van der Waals surface area (Å²) in [6, 6.07) is 0. The molecular formula is C51H106BrP. The van der Waals surface area contributed by atoms with Crippen molar-refractivity contribution in [2.75, 3.05) is 26.2 Å². The van der Waals surface area contributed by atoms with E-state index in [-0.39, 0.29) is 0 Å². The molecule has 0 aliphatic rings. The van der Waals surface area contributed by atoms with Gasteiger partial charge in [-0.15, -0.1) is 0 Å². The van der Waals surface area contributed by atoms with Crippen LogP contribution < -0.4 is 0 Å². The van der Waals surface area contributed by atoms with Crippen molar-refractivity contribution in [2.45, 2.75) is 302 Å². The molecule has 0 saturated heterocycles. The summed E-state index contributed by atoms with van der Waals surface area (Å²) in [7, 11) is 0. The topological polar surface area (TPSA) is 0 Å². The van der Waals surface area contributed by atoms with E-state index in [1.807, 2.05) is 0 Å². The predicted molar refractivity (Wildman–Crippen MR) is 257 cm³/mol. The molecule has 0 rings (SSSR count). The van der Waals surface area contributed by atoms with Crippen molar-refractivity contribution in [2.24, 2.45) is 0 Å². The van der Waals surface area contributed by atoms with Gasteiger partial charge in [0, 0.05) is 0 Å². The van der Waals surface area contributed by atoms with Gasteiger partial charge in [-0.25, -0.2) is 0 Å². The number of hydrogen-bond donors (Lipinski definition) is 0. The third-order valence-electron chi connectivity index (χ3n) is 12.3. The van der Waals surface area contributed by atoms with Crippen LogP contribution in [0.4, 0.5) is 0 Å². The molecule has 0 bridgehead atoms. The maximum absolute atomic E-state index is 4.00. The van der Waals surface area contributed by atoms with Crippen molar-refractivity contribution in [1.29, 1.82) is 0 Å². The first-order valence-electron chi connectivity index (χ1n) is 25.5. The average Bonchev–Trinajstić information content (AvgIpc) is 3.12. The van der Waals surface area contributed by atoms with Gasteiger partial charge in [-0.1, -0.05) is 232 Å². The van der Waals surface area contributed by atoms with Gasteiger partial charge in [-0.3, -0.25) is 0 Å². The fraction of sp³-hybridized carbons (Fsp3) is 1.00. The van der Waals surface area contributed by atoms with Crippen LogP contribution in [0, 0.1) is 0 Å². The van der Waals surface area contributed by atoms with E-state index in [0.717, 1.165) is 0 Å². The van der Waals surface area contributed by atoms with Gasteiger partial charge in [0.2, 0.25) is 0 Å². The summed E-state index contributed by atoms with van der Waals surface area (Å²) in [6.45, 7) is 9.64. The first kappa shape index (κ1) is 53.9. The standard InChI is InChI=1S/C51H106BrP/c1-5-6-7-8-9-10-11-12-13-14-15-16-17-18-19-20-21-22-23-24-25-26-27-28-29-30-31-32-33-34-35-36-37-38-39-40-41-42-43-44-45-46-47-48-49-50-51-53(2,3,4)52/h5-51H2,1-4H3. The van der Waals surface area contributed by atoms with Crippen molar-refractivity contribution in [1.82, 2.24) is 0 Å². The Balaban J connectivity index is 3.08. The molecule has 0 aromatic heterocycles. The van der Waals surface area contributed by atoms with E-state index in [0.29, 0.717) is 0 Å². The van der Waals surface area contributed by atoms with Gasteiger partial charge in [0.25, 0.3) is 0 Å². The van der Waals surface area contributed by atoms with Gasteiger partial charge in [0.1, 0.15) is 0 Å². The molecule has 0 heterocycles. The Bertz CT molecular complexity index is 656. The molecule has 0 saturated carbocycles. The summed E-state index contributed by atoms with van der Waals surface area (Å²) in [5.41, 5.74) is 0. The molecule has 0 fully saturated rings. The minimum absolute atomic E-state index is 1.37. The molecule has 53 heavy (non-hydrogen) atoms. The van der Waals surface area contributed by atoms with Crippen LogP contribution in [0.15, 0.2) is 0 Å². The van der Waals surface area contributed by atoms with E-state index in [1.165, 1.54) is 302 Å². The van der Waals surface area contributed by atoms with Gasteiger partial charge in [-0.05, 0) is 0 Å². The van der Waals surface area contributed by atoms with Crippen LogP contribution in [0.3, 0.4) is 0 Å². The van der Waals surface area contributed by atoms with Crippen molar-refractivity contribution >= 4 is 20.8 Å². The quantitative estimate of drug-likeness (QED) is 0.0423. The van der Waals surface area contributed by atoms with Crippen LogP contribution >= 0.6 is 20.8 Å². The molecule has 0 atom stereocenters. The van der Waals surface area contributed by atoms with Gasteiger partial charge >= 0.3 is 118 Å². The molecule has 0 aliphatic heterocycles. The van der Waals surface area contributed by atoms with Crippen LogP contribution in [0.1, 0.15) is 302 Å². The maximum atomic E-state index is 4.00. The zero-order chi connectivity index (χ0) is 38.7. The van der Waals surface area contributed by atoms with Crippen LogP contribution in [-0.2, 0) is 0 Å². The van der Waals surface area contributed by atoms with E-state index >= 15 is 0 Å². The van der Waals surface area contributed by atoms with E-state index < -0.39 is 5.31 Å². The Kier molecular flexibility index (Phi) is 43.2. The molecule has 0 aromatic rings. The molecule has 0 spiro atoms. The summed E-state index contributed by atoms with van der Waals surface area (Å²) < 4.78 is 0. The Labute approximate surface area is 347 Å². The molecule has 2 heteroatoms. The SMILES string of the molecule is CCCCCCCCCCCCCCCCCCCCCCCCCCCCCCCCCCCCCCCCCCCCCCCCP(C)(C)(C)Br. The molecule has 0 N–H and O–H groups in total. The zero-order valence-electron chi connectivity index (χ0n) is 38.1. The molecule has 0 aromatic carbocycles. The third-order valence-corrected chi connectivity index (χ3v) is 15.2.